The number of amides is 1. The van der Waals surface area contributed by atoms with Gasteiger partial charge >= 0.3 is 0 Å². The first-order valence-corrected chi connectivity index (χ1v) is 8.72. The fourth-order valence-corrected chi connectivity index (χ4v) is 3.39. The number of hydrogen-bond acceptors (Lipinski definition) is 4. The highest BCUT2D eigenvalue weighted by Gasteiger charge is 2.22. The van der Waals surface area contributed by atoms with Gasteiger partial charge in [0, 0.05) is 50.5 Å². The first-order valence-electron chi connectivity index (χ1n) is 8.72. The maximum absolute atomic E-state index is 12.6. The summed E-state index contributed by atoms with van der Waals surface area (Å²) in [6.45, 7) is 8.56. The summed E-state index contributed by atoms with van der Waals surface area (Å²) in [6.07, 6.45) is 1.49. The van der Waals surface area contributed by atoms with E-state index in [1.807, 2.05) is 29.2 Å². The van der Waals surface area contributed by atoms with E-state index < -0.39 is 0 Å². The summed E-state index contributed by atoms with van der Waals surface area (Å²) >= 11 is 0. The van der Waals surface area contributed by atoms with Crippen molar-refractivity contribution in [2.75, 3.05) is 50.7 Å². The smallest absolute Gasteiger partial charge is 0.253 e. The molecule has 23 heavy (non-hydrogen) atoms. The summed E-state index contributed by atoms with van der Waals surface area (Å²) in [5.41, 5.74) is 1.92. The highest BCUT2D eigenvalue weighted by Crippen LogP contribution is 2.21. The largest absolute Gasteiger partial charge is 0.393 e. The van der Waals surface area contributed by atoms with Gasteiger partial charge in [-0.3, -0.25) is 4.79 Å². The zero-order valence-corrected chi connectivity index (χ0v) is 13.9. The number of likely N-dealkylation sites (N-methyl/N-ethyl adjacent to an activating group) is 1. The number of aliphatic hydroxyl groups excluding tert-OH is 1. The van der Waals surface area contributed by atoms with Gasteiger partial charge in [0.15, 0.2) is 0 Å². The van der Waals surface area contributed by atoms with Gasteiger partial charge in [-0.2, -0.15) is 0 Å². The van der Waals surface area contributed by atoms with Crippen LogP contribution in [0.1, 0.15) is 30.1 Å². The molecule has 5 nitrogen and oxygen atoms in total. The van der Waals surface area contributed by atoms with Crippen LogP contribution in [0.15, 0.2) is 24.3 Å². The molecular weight excluding hydrogens is 290 g/mol. The van der Waals surface area contributed by atoms with Gasteiger partial charge in [0.2, 0.25) is 0 Å². The van der Waals surface area contributed by atoms with Crippen molar-refractivity contribution in [3.63, 3.8) is 0 Å². The average molecular weight is 317 g/mol. The highest BCUT2D eigenvalue weighted by molar-refractivity contribution is 5.94. The maximum Gasteiger partial charge on any atom is 0.253 e. The maximum atomic E-state index is 12.6. The van der Waals surface area contributed by atoms with Crippen LogP contribution in [0, 0.1) is 0 Å². The first-order chi connectivity index (χ1) is 11.2. The Morgan fingerprint density at radius 2 is 1.65 bits per heavy atom. The predicted octanol–water partition coefficient (Wildman–Crippen LogP) is 1.43. The molecule has 0 unspecified atom stereocenters. The van der Waals surface area contributed by atoms with E-state index in [4.69, 9.17) is 0 Å². The van der Waals surface area contributed by atoms with Crippen molar-refractivity contribution in [2.45, 2.75) is 25.9 Å². The Balaban J connectivity index is 1.59. The van der Waals surface area contributed by atoms with E-state index in [0.29, 0.717) is 0 Å². The molecule has 0 aliphatic carbocycles. The molecule has 1 amide bonds. The molecule has 0 radical (unpaired) electrons. The second-order valence-electron chi connectivity index (χ2n) is 6.49. The monoisotopic (exact) mass is 317 g/mol. The fourth-order valence-electron chi connectivity index (χ4n) is 3.39. The summed E-state index contributed by atoms with van der Waals surface area (Å²) in [5, 5.41) is 9.59. The molecule has 2 saturated heterocycles. The standard InChI is InChI=1S/C18H27N3O2/c1-2-19-11-13-21(14-12-19)18(23)15-3-5-16(6-4-15)20-9-7-17(22)8-10-20/h3-6,17,22H,2,7-14H2,1H3. The van der Waals surface area contributed by atoms with Crippen LogP contribution in [-0.2, 0) is 0 Å². The van der Waals surface area contributed by atoms with Crippen LogP contribution < -0.4 is 4.90 Å². The zero-order valence-electron chi connectivity index (χ0n) is 13.9. The highest BCUT2D eigenvalue weighted by atomic mass is 16.3. The minimum Gasteiger partial charge on any atom is -0.393 e. The molecule has 2 fully saturated rings. The Hall–Kier alpha value is -1.59. The molecule has 0 aromatic heterocycles. The van der Waals surface area contributed by atoms with E-state index in [2.05, 4.69) is 16.7 Å². The number of nitrogens with zero attached hydrogens (tertiary/aromatic N) is 3. The first kappa shape index (κ1) is 16.3. The van der Waals surface area contributed by atoms with Crippen molar-refractivity contribution in [3.05, 3.63) is 29.8 Å². The number of anilines is 1. The summed E-state index contributed by atoms with van der Waals surface area (Å²) in [6, 6.07) is 7.95. The molecule has 1 aromatic rings. The van der Waals surface area contributed by atoms with E-state index in [9.17, 15) is 9.90 Å². The molecule has 1 aromatic carbocycles. The molecule has 0 saturated carbocycles. The lowest BCUT2D eigenvalue weighted by Gasteiger charge is -2.34. The molecular formula is C18H27N3O2. The average Bonchev–Trinajstić information content (AvgIpc) is 2.62. The van der Waals surface area contributed by atoms with Gasteiger partial charge < -0.3 is 19.8 Å². The number of carbonyl (C=O) groups is 1. The van der Waals surface area contributed by atoms with Crippen LogP contribution in [-0.4, -0.2) is 72.7 Å². The molecule has 0 bridgehead atoms. The third kappa shape index (κ3) is 3.85. The normalized spacial score (nSPS) is 20.8. The van der Waals surface area contributed by atoms with Crippen LogP contribution in [0.4, 0.5) is 5.69 Å². The number of hydrogen-bond donors (Lipinski definition) is 1. The van der Waals surface area contributed by atoms with Crippen LogP contribution >= 0.6 is 0 Å². The molecule has 1 N–H and O–H groups in total. The lowest BCUT2D eigenvalue weighted by molar-refractivity contribution is 0.0643. The second-order valence-corrected chi connectivity index (χ2v) is 6.49. The SMILES string of the molecule is CCN1CCN(C(=O)c2ccc(N3CCC(O)CC3)cc2)CC1. The Morgan fingerprint density at radius 1 is 1.04 bits per heavy atom. The predicted molar refractivity (Wildman–Crippen MR) is 91.9 cm³/mol. The summed E-state index contributed by atoms with van der Waals surface area (Å²) in [4.78, 5) is 19.2. The van der Waals surface area contributed by atoms with E-state index in [1.54, 1.807) is 0 Å². The molecule has 5 heteroatoms. The van der Waals surface area contributed by atoms with E-state index in [1.165, 1.54) is 0 Å². The Labute approximate surface area is 138 Å². The van der Waals surface area contributed by atoms with Crippen LogP contribution in [0.5, 0.6) is 0 Å². The van der Waals surface area contributed by atoms with Gasteiger partial charge in [-0.1, -0.05) is 6.92 Å². The molecule has 0 atom stereocenters. The molecule has 2 heterocycles. The van der Waals surface area contributed by atoms with Crippen molar-refractivity contribution in [2.24, 2.45) is 0 Å². The number of aliphatic hydroxyl groups is 1. The van der Waals surface area contributed by atoms with Crippen LogP contribution in [0.3, 0.4) is 0 Å². The lowest BCUT2D eigenvalue weighted by atomic mass is 10.1. The molecule has 126 valence electrons. The van der Waals surface area contributed by atoms with Gasteiger partial charge in [-0.15, -0.1) is 0 Å². The second kappa shape index (κ2) is 7.32. The van der Waals surface area contributed by atoms with Crippen LogP contribution in [0.2, 0.25) is 0 Å². The number of carbonyl (C=O) groups excluding carboxylic acids is 1. The number of piperidine rings is 1. The fraction of sp³-hybridized carbons (Fsp3) is 0.611. The van der Waals surface area contributed by atoms with Gasteiger partial charge in [0.1, 0.15) is 0 Å². The Kier molecular flexibility index (Phi) is 5.18. The lowest BCUT2D eigenvalue weighted by Crippen LogP contribution is -2.48. The summed E-state index contributed by atoms with van der Waals surface area (Å²) in [5.74, 6) is 0.140. The molecule has 2 aliphatic heterocycles. The van der Waals surface area contributed by atoms with Gasteiger partial charge in [-0.25, -0.2) is 0 Å². The minimum atomic E-state index is -0.158. The molecule has 3 rings (SSSR count). The quantitative estimate of drug-likeness (QED) is 0.916. The third-order valence-electron chi connectivity index (χ3n) is 5.05. The summed E-state index contributed by atoms with van der Waals surface area (Å²) in [7, 11) is 0. The van der Waals surface area contributed by atoms with Crippen molar-refractivity contribution in [1.82, 2.24) is 9.80 Å². The Bertz CT molecular complexity index is 516. The topological polar surface area (TPSA) is 47.0 Å². The number of rotatable bonds is 3. The van der Waals surface area contributed by atoms with Gasteiger partial charge in [-0.05, 0) is 43.7 Å². The Morgan fingerprint density at radius 3 is 2.22 bits per heavy atom. The minimum absolute atomic E-state index is 0.140. The van der Waals surface area contributed by atoms with Crippen molar-refractivity contribution in [3.8, 4) is 0 Å². The van der Waals surface area contributed by atoms with Crippen molar-refractivity contribution < 1.29 is 9.90 Å². The third-order valence-corrected chi connectivity index (χ3v) is 5.05. The van der Waals surface area contributed by atoms with Gasteiger partial charge in [0.25, 0.3) is 5.91 Å². The van der Waals surface area contributed by atoms with Crippen molar-refractivity contribution >= 4 is 11.6 Å². The number of benzene rings is 1. The molecule has 2 aliphatic rings. The van der Waals surface area contributed by atoms with Crippen LogP contribution in [0.25, 0.3) is 0 Å². The van der Waals surface area contributed by atoms with Crippen molar-refractivity contribution in [1.29, 1.82) is 0 Å². The number of piperazine rings is 1. The van der Waals surface area contributed by atoms with E-state index in [-0.39, 0.29) is 12.0 Å². The summed E-state index contributed by atoms with van der Waals surface area (Å²) < 4.78 is 0. The zero-order chi connectivity index (χ0) is 16.2. The van der Waals surface area contributed by atoms with E-state index >= 15 is 0 Å². The van der Waals surface area contributed by atoms with Gasteiger partial charge in [0.05, 0.1) is 6.10 Å². The van der Waals surface area contributed by atoms with E-state index in [0.717, 1.165) is 69.9 Å². The molecule has 0 spiro atoms.